The largest absolute Gasteiger partial charge is 0.466 e. The summed E-state index contributed by atoms with van der Waals surface area (Å²) in [7, 11) is 4.05. The Bertz CT molecular complexity index is 254. The fourth-order valence-corrected chi connectivity index (χ4v) is 2.74. The van der Waals surface area contributed by atoms with Gasteiger partial charge < -0.3 is 9.64 Å². The predicted octanol–water partition coefficient (Wildman–Crippen LogP) is 5.57. The molecular formula is C20H41NO2. The minimum Gasteiger partial charge on any atom is -0.466 e. The normalized spacial score (nSPS) is 11.1. The Kier molecular flexibility index (Phi) is 17.3. The summed E-state index contributed by atoms with van der Waals surface area (Å²) in [5.74, 6) is -0.0325. The second-order valence-electron chi connectivity index (χ2n) is 7.02. The molecule has 0 fully saturated rings. The first-order valence-electron chi connectivity index (χ1n) is 9.97. The summed E-state index contributed by atoms with van der Waals surface area (Å²) in [5, 5.41) is 0. The van der Waals surface area contributed by atoms with Crippen LogP contribution in [0.15, 0.2) is 0 Å². The lowest BCUT2D eigenvalue weighted by atomic mass is 10.1. The minimum atomic E-state index is -0.0325. The van der Waals surface area contributed by atoms with Crippen molar-refractivity contribution in [3.05, 3.63) is 0 Å². The molecule has 0 aromatic heterocycles. The first-order valence-corrected chi connectivity index (χ1v) is 9.97. The van der Waals surface area contributed by atoms with Gasteiger partial charge in [0, 0.05) is 6.42 Å². The molecule has 0 aliphatic heterocycles. The molecule has 23 heavy (non-hydrogen) atoms. The quantitative estimate of drug-likeness (QED) is 0.258. The second-order valence-corrected chi connectivity index (χ2v) is 7.02. The number of nitrogens with zero attached hydrogens (tertiary/aromatic N) is 1. The van der Waals surface area contributed by atoms with Crippen LogP contribution in [0.25, 0.3) is 0 Å². The molecule has 0 bridgehead atoms. The molecule has 0 saturated carbocycles. The summed E-state index contributed by atoms with van der Waals surface area (Å²) in [6.45, 7) is 3.83. The Hall–Kier alpha value is -0.570. The van der Waals surface area contributed by atoms with Gasteiger partial charge in [0.25, 0.3) is 0 Å². The topological polar surface area (TPSA) is 29.5 Å². The van der Waals surface area contributed by atoms with Crippen molar-refractivity contribution >= 4 is 5.97 Å². The van der Waals surface area contributed by atoms with Crippen LogP contribution in [0.3, 0.4) is 0 Å². The van der Waals surface area contributed by atoms with Crippen LogP contribution in [0.5, 0.6) is 0 Å². The van der Waals surface area contributed by atoms with E-state index in [1.807, 2.05) is 14.1 Å². The van der Waals surface area contributed by atoms with E-state index >= 15 is 0 Å². The fourth-order valence-electron chi connectivity index (χ4n) is 2.74. The molecule has 0 saturated heterocycles. The summed E-state index contributed by atoms with van der Waals surface area (Å²) in [4.78, 5) is 13.6. The highest BCUT2D eigenvalue weighted by Gasteiger charge is 2.02. The third-order valence-electron chi connectivity index (χ3n) is 4.25. The van der Waals surface area contributed by atoms with Crippen LogP contribution >= 0.6 is 0 Å². The Morgan fingerprint density at radius 2 is 1.22 bits per heavy atom. The zero-order valence-electron chi connectivity index (χ0n) is 16.1. The highest BCUT2D eigenvalue weighted by Crippen LogP contribution is 2.12. The van der Waals surface area contributed by atoms with Crippen LogP contribution in [0, 0.1) is 0 Å². The zero-order chi connectivity index (χ0) is 17.2. The molecule has 3 nitrogen and oxygen atoms in total. The molecule has 0 amide bonds. The number of rotatable bonds is 17. The monoisotopic (exact) mass is 327 g/mol. The highest BCUT2D eigenvalue weighted by molar-refractivity contribution is 5.69. The van der Waals surface area contributed by atoms with E-state index in [0.717, 1.165) is 19.4 Å². The Labute approximate surface area is 145 Å². The summed E-state index contributed by atoms with van der Waals surface area (Å²) in [6.07, 6.45) is 17.5. The van der Waals surface area contributed by atoms with Gasteiger partial charge in [-0.15, -0.1) is 0 Å². The number of hydrogen-bond acceptors (Lipinski definition) is 3. The fraction of sp³-hybridized carbons (Fsp3) is 0.950. The Morgan fingerprint density at radius 3 is 1.70 bits per heavy atom. The maximum absolute atomic E-state index is 11.5. The molecule has 0 N–H and O–H groups in total. The van der Waals surface area contributed by atoms with Crippen molar-refractivity contribution in [2.75, 3.05) is 27.2 Å². The first kappa shape index (κ1) is 22.4. The maximum atomic E-state index is 11.5. The Morgan fingerprint density at radius 1 is 0.739 bits per heavy atom. The Balaban J connectivity index is 3.11. The molecular weight excluding hydrogens is 286 g/mol. The van der Waals surface area contributed by atoms with E-state index in [1.54, 1.807) is 0 Å². The van der Waals surface area contributed by atoms with Crippen molar-refractivity contribution in [2.45, 2.75) is 96.8 Å². The van der Waals surface area contributed by atoms with Gasteiger partial charge in [-0.3, -0.25) is 4.79 Å². The summed E-state index contributed by atoms with van der Waals surface area (Å²) in [5.41, 5.74) is 0. The van der Waals surface area contributed by atoms with E-state index in [9.17, 15) is 4.79 Å². The first-order chi connectivity index (χ1) is 11.2. The van der Waals surface area contributed by atoms with Gasteiger partial charge in [0.1, 0.15) is 0 Å². The van der Waals surface area contributed by atoms with E-state index in [-0.39, 0.29) is 5.97 Å². The molecule has 138 valence electrons. The molecule has 0 atom stereocenters. The minimum absolute atomic E-state index is 0.0325. The van der Waals surface area contributed by atoms with Gasteiger partial charge in [-0.05, 0) is 33.5 Å². The second kappa shape index (κ2) is 17.8. The summed E-state index contributed by atoms with van der Waals surface area (Å²) in [6, 6.07) is 0. The molecule has 0 radical (unpaired) electrons. The summed E-state index contributed by atoms with van der Waals surface area (Å²) < 4.78 is 5.26. The molecule has 0 unspecified atom stereocenters. The van der Waals surface area contributed by atoms with Crippen LogP contribution in [-0.4, -0.2) is 38.1 Å². The molecule has 0 heterocycles. The van der Waals surface area contributed by atoms with E-state index in [4.69, 9.17) is 4.74 Å². The highest BCUT2D eigenvalue weighted by atomic mass is 16.5. The van der Waals surface area contributed by atoms with Gasteiger partial charge in [-0.2, -0.15) is 0 Å². The van der Waals surface area contributed by atoms with Crippen molar-refractivity contribution in [1.29, 1.82) is 0 Å². The van der Waals surface area contributed by atoms with Gasteiger partial charge in [-0.25, -0.2) is 0 Å². The standard InChI is InChI=1S/C20H41NO2/c1-4-5-6-7-8-9-10-11-12-13-14-15-19-23-20(22)17-16-18-21(2)3/h4-19H2,1-3H3. The number of carbonyl (C=O) groups is 1. The van der Waals surface area contributed by atoms with Crippen LogP contribution in [0.4, 0.5) is 0 Å². The number of hydrogen-bond donors (Lipinski definition) is 0. The van der Waals surface area contributed by atoms with Gasteiger partial charge in [0.05, 0.1) is 6.61 Å². The summed E-state index contributed by atoms with van der Waals surface area (Å²) >= 11 is 0. The predicted molar refractivity (Wildman–Crippen MR) is 99.8 cm³/mol. The van der Waals surface area contributed by atoms with Crippen molar-refractivity contribution in [1.82, 2.24) is 4.90 Å². The molecule has 0 rings (SSSR count). The van der Waals surface area contributed by atoms with Crippen molar-refractivity contribution in [2.24, 2.45) is 0 Å². The molecule has 3 heteroatoms. The SMILES string of the molecule is CCCCCCCCCCCCCCOC(=O)CCCN(C)C. The lowest BCUT2D eigenvalue weighted by molar-refractivity contribution is -0.143. The zero-order valence-corrected chi connectivity index (χ0v) is 16.1. The molecule has 0 spiro atoms. The van der Waals surface area contributed by atoms with Crippen LogP contribution < -0.4 is 0 Å². The maximum Gasteiger partial charge on any atom is 0.305 e. The number of esters is 1. The third kappa shape index (κ3) is 19.4. The molecule has 0 aliphatic rings. The van der Waals surface area contributed by atoms with Crippen LogP contribution in [0.2, 0.25) is 0 Å². The van der Waals surface area contributed by atoms with E-state index in [2.05, 4.69) is 11.8 Å². The van der Waals surface area contributed by atoms with Gasteiger partial charge in [0.2, 0.25) is 0 Å². The van der Waals surface area contributed by atoms with Gasteiger partial charge in [0.15, 0.2) is 0 Å². The van der Waals surface area contributed by atoms with E-state index < -0.39 is 0 Å². The smallest absolute Gasteiger partial charge is 0.305 e. The number of ether oxygens (including phenoxy) is 1. The third-order valence-corrected chi connectivity index (χ3v) is 4.25. The molecule has 0 aromatic carbocycles. The van der Waals surface area contributed by atoms with E-state index in [0.29, 0.717) is 13.0 Å². The number of carbonyl (C=O) groups excluding carboxylic acids is 1. The lowest BCUT2D eigenvalue weighted by Crippen LogP contribution is -2.15. The van der Waals surface area contributed by atoms with Crippen molar-refractivity contribution in [3.8, 4) is 0 Å². The van der Waals surface area contributed by atoms with Crippen LogP contribution in [-0.2, 0) is 9.53 Å². The molecule has 0 aliphatic carbocycles. The van der Waals surface area contributed by atoms with Gasteiger partial charge in [-0.1, -0.05) is 77.6 Å². The molecule has 0 aromatic rings. The van der Waals surface area contributed by atoms with Crippen LogP contribution in [0.1, 0.15) is 96.8 Å². The average molecular weight is 328 g/mol. The average Bonchev–Trinajstić information content (AvgIpc) is 2.51. The number of unbranched alkanes of at least 4 members (excludes halogenated alkanes) is 11. The van der Waals surface area contributed by atoms with E-state index in [1.165, 1.54) is 70.6 Å². The van der Waals surface area contributed by atoms with Crippen molar-refractivity contribution < 1.29 is 9.53 Å². The van der Waals surface area contributed by atoms with Crippen molar-refractivity contribution in [3.63, 3.8) is 0 Å². The van der Waals surface area contributed by atoms with Gasteiger partial charge >= 0.3 is 5.97 Å². The lowest BCUT2D eigenvalue weighted by Gasteiger charge is -2.09.